The molecule has 0 saturated carbocycles. The van der Waals surface area contributed by atoms with Crippen LogP contribution in [-0.4, -0.2) is 41.8 Å². The Kier molecular flexibility index (Phi) is 6.16. The van der Waals surface area contributed by atoms with Gasteiger partial charge in [0, 0.05) is 31.3 Å². The lowest BCUT2D eigenvalue weighted by Crippen LogP contribution is -2.53. The van der Waals surface area contributed by atoms with Crippen LogP contribution in [-0.2, 0) is 11.3 Å². The molecule has 1 aliphatic rings. The van der Waals surface area contributed by atoms with Gasteiger partial charge in [-0.25, -0.2) is 4.79 Å². The van der Waals surface area contributed by atoms with Crippen molar-refractivity contribution in [3.63, 3.8) is 0 Å². The Morgan fingerprint density at radius 1 is 1.06 bits per heavy atom. The highest BCUT2D eigenvalue weighted by molar-refractivity contribution is 5.93. The fraction of sp³-hybridized carbons (Fsp3) is 0.185. The molecule has 1 fully saturated rings. The molecule has 2 aromatic heterocycles. The maximum atomic E-state index is 12.1. The minimum absolute atomic E-state index is 0.144. The molecule has 0 spiro atoms. The first-order chi connectivity index (χ1) is 16.7. The van der Waals surface area contributed by atoms with Gasteiger partial charge < -0.3 is 24.3 Å². The molecule has 5 rings (SSSR count). The number of para-hydroxylation sites is 1. The number of anilines is 2. The predicted octanol–water partition coefficient (Wildman–Crippen LogP) is 4.54. The van der Waals surface area contributed by atoms with Crippen molar-refractivity contribution in [3.8, 4) is 11.4 Å². The molecule has 0 amide bonds. The Balaban J connectivity index is 1.14. The van der Waals surface area contributed by atoms with Crippen LogP contribution >= 0.6 is 0 Å². The number of nitrogens with one attached hydrogen (secondary N) is 1. The first kappa shape index (κ1) is 21.6. The summed E-state index contributed by atoms with van der Waals surface area (Å²) in [6.45, 7) is 2.36. The number of hydrogen-bond donors (Lipinski definition) is 1. The highest BCUT2D eigenvalue weighted by Gasteiger charge is 2.29. The van der Waals surface area contributed by atoms with Gasteiger partial charge in [-0.3, -0.25) is 4.98 Å². The second-order valence-electron chi connectivity index (χ2n) is 8.17. The van der Waals surface area contributed by atoms with E-state index >= 15 is 0 Å². The normalized spacial score (nSPS) is 13.3. The number of carbonyl (C=O) groups excluding carboxylic acids is 1. The van der Waals surface area contributed by atoms with Crippen LogP contribution in [0.3, 0.4) is 0 Å². The minimum atomic E-state index is -0.345. The molecule has 0 aliphatic carbocycles. The Hall–Kier alpha value is -4.26. The Morgan fingerprint density at radius 2 is 1.88 bits per heavy atom. The number of aromatic nitrogens is 2. The summed E-state index contributed by atoms with van der Waals surface area (Å²) in [6.07, 6.45) is 7.71. The van der Waals surface area contributed by atoms with Crippen LogP contribution in [0.2, 0.25) is 0 Å². The average Bonchev–Trinajstić information content (AvgIpc) is 3.35. The van der Waals surface area contributed by atoms with Crippen LogP contribution in [0.1, 0.15) is 15.9 Å². The van der Waals surface area contributed by atoms with E-state index in [1.165, 1.54) is 12.7 Å². The summed E-state index contributed by atoms with van der Waals surface area (Å²) >= 11 is 0. The Bertz CT molecular complexity index is 1250. The third-order valence-electron chi connectivity index (χ3n) is 5.86. The van der Waals surface area contributed by atoms with Crippen molar-refractivity contribution in [2.75, 3.05) is 30.4 Å². The van der Waals surface area contributed by atoms with E-state index in [4.69, 9.17) is 9.47 Å². The van der Waals surface area contributed by atoms with Crippen LogP contribution in [0.15, 0.2) is 91.5 Å². The zero-order valence-corrected chi connectivity index (χ0v) is 18.9. The average molecular weight is 455 g/mol. The molecule has 3 heterocycles. The van der Waals surface area contributed by atoms with Crippen LogP contribution in [0.4, 0.5) is 11.4 Å². The molecule has 7 heteroatoms. The van der Waals surface area contributed by atoms with Crippen LogP contribution < -0.4 is 15.0 Å². The molecular formula is C27H26N4O3. The topological polar surface area (TPSA) is 68.6 Å². The summed E-state index contributed by atoms with van der Waals surface area (Å²) in [5, 5.41) is 3.36. The van der Waals surface area contributed by atoms with E-state index in [-0.39, 0.29) is 12.1 Å². The second kappa shape index (κ2) is 9.70. The lowest BCUT2D eigenvalue weighted by Gasteiger charge is -2.40. The first-order valence-electron chi connectivity index (χ1n) is 11.2. The SMILES string of the molecule is COC(=O)c1ccccc1-n1ccc(N2CC(Oc3ccc(CNc4cccnc4)cc3)C2)c1. The highest BCUT2D eigenvalue weighted by Crippen LogP contribution is 2.27. The lowest BCUT2D eigenvalue weighted by molar-refractivity contribution is 0.0600. The van der Waals surface area contributed by atoms with Crippen molar-refractivity contribution in [3.05, 3.63) is 103 Å². The summed E-state index contributed by atoms with van der Waals surface area (Å²) in [6, 6.07) is 21.6. The number of ether oxygens (including phenoxy) is 2. The summed E-state index contributed by atoms with van der Waals surface area (Å²) in [5.41, 5.74) is 4.61. The van der Waals surface area contributed by atoms with Crippen molar-refractivity contribution < 1.29 is 14.3 Å². The summed E-state index contributed by atoms with van der Waals surface area (Å²) < 4.78 is 13.0. The fourth-order valence-corrected chi connectivity index (χ4v) is 3.98. The van der Waals surface area contributed by atoms with Gasteiger partial charge in [-0.15, -0.1) is 0 Å². The van der Waals surface area contributed by atoms with Gasteiger partial charge in [0.05, 0.1) is 42.8 Å². The Labute approximate surface area is 198 Å². The van der Waals surface area contributed by atoms with E-state index < -0.39 is 0 Å². The van der Waals surface area contributed by atoms with E-state index in [0.717, 1.165) is 42.4 Å². The number of nitrogens with zero attached hydrogens (tertiary/aromatic N) is 3. The molecule has 0 unspecified atom stereocenters. The maximum absolute atomic E-state index is 12.1. The van der Waals surface area contributed by atoms with Gasteiger partial charge in [0.2, 0.25) is 0 Å². The highest BCUT2D eigenvalue weighted by atomic mass is 16.5. The number of carbonyl (C=O) groups is 1. The standard InChI is InChI=1S/C27H26N4O3/c1-33-27(32)25-6-2-3-7-26(25)30-14-12-22(17-30)31-18-24(19-31)34-23-10-8-20(9-11-23)15-29-21-5-4-13-28-16-21/h2-14,16-17,24,29H,15,18-19H2,1H3. The third-order valence-corrected chi connectivity index (χ3v) is 5.86. The molecule has 1 saturated heterocycles. The predicted molar refractivity (Wildman–Crippen MR) is 132 cm³/mol. The number of pyridine rings is 1. The summed E-state index contributed by atoms with van der Waals surface area (Å²) in [5.74, 6) is 0.529. The molecule has 1 N–H and O–H groups in total. The van der Waals surface area contributed by atoms with E-state index in [1.54, 1.807) is 12.3 Å². The number of methoxy groups -OCH3 is 1. The largest absolute Gasteiger partial charge is 0.487 e. The summed E-state index contributed by atoms with van der Waals surface area (Å²) in [7, 11) is 1.40. The smallest absolute Gasteiger partial charge is 0.339 e. The van der Waals surface area contributed by atoms with Crippen molar-refractivity contribution in [1.82, 2.24) is 9.55 Å². The molecule has 7 nitrogen and oxygen atoms in total. The van der Waals surface area contributed by atoms with Crippen LogP contribution in [0.5, 0.6) is 5.75 Å². The summed E-state index contributed by atoms with van der Waals surface area (Å²) in [4.78, 5) is 18.5. The van der Waals surface area contributed by atoms with Crippen molar-refractivity contribution >= 4 is 17.3 Å². The van der Waals surface area contributed by atoms with Crippen molar-refractivity contribution in [2.24, 2.45) is 0 Å². The van der Waals surface area contributed by atoms with Gasteiger partial charge in [-0.05, 0) is 48.0 Å². The molecule has 2 aromatic carbocycles. The third kappa shape index (κ3) is 4.73. The maximum Gasteiger partial charge on any atom is 0.339 e. The van der Waals surface area contributed by atoms with E-state index in [0.29, 0.717) is 5.56 Å². The van der Waals surface area contributed by atoms with Gasteiger partial charge in [-0.2, -0.15) is 0 Å². The fourth-order valence-electron chi connectivity index (χ4n) is 3.98. The first-order valence-corrected chi connectivity index (χ1v) is 11.2. The van der Waals surface area contributed by atoms with Gasteiger partial charge in [0.25, 0.3) is 0 Å². The number of rotatable bonds is 8. The monoisotopic (exact) mass is 454 g/mol. The molecule has 4 aromatic rings. The van der Waals surface area contributed by atoms with Crippen molar-refractivity contribution in [2.45, 2.75) is 12.6 Å². The molecule has 34 heavy (non-hydrogen) atoms. The van der Waals surface area contributed by atoms with Gasteiger partial charge in [0.15, 0.2) is 0 Å². The Morgan fingerprint density at radius 3 is 2.65 bits per heavy atom. The minimum Gasteiger partial charge on any atom is -0.487 e. The zero-order valence-electron chi connectivity index (χ0n) is 18.9. The molecule has 1 aliphatic heterocycles. The second-order valence-corrected chi connectivity index (χ2v) is 8.17. The van der Waals surface area contributed by atoms with Gasteiger partial charge in [-0.1, -0.05) is 24.3 Å². The number of esters is 1. The zero-order chi connectivity index (χ0) is 23.3. The van der Waals surface area contributed by atoms with E-state index in [9.17, 15) is 4.79 Å². The van der Waals surface area contributed by atoms with Crippen LogP contribution in [0.25, 0.3) is 5.69 Å². The molecular weight excluding hydrogens is 428 g/mol. The number of benzene rings is 2. The van der Waals surface area contributed by atoms with E-state index in [1.807, 2.05) is 71.7 Å². The van der Waals surface area contributed by atoms with Crippen molar-refractivity contribution in [1.29, 1.82) is 0 Å². The lowest BCUT2D eigenvalue weighted by atomic mass is 10.1. The molecule has 0 atom stereocenters. The van der Waals surface area contributed by atoms with Crippen LogP contribution in [0, 0.1) is 0 Å². The molecule has 0 radical (unpaired) electrons. The van der Waals surface area contributed by atoms with Gasteiger partial charge in [0.1, 0.15) is 11.9 Å². The quantitative estimate of drug-likeness (QED) is 0.394. The van der Waals surface area contributed by atoms with E-state index in [2.05, 4.69) is 27.3 Å². The number of hydrogen-bond acceptors (Lipinski definition) is 6. The molecule has 172 valence electrons. The molecule has 0 bridgehead atoms. The van der Waals surface area contributed by atoms with Gasteiger partial charge >= 0.3 is 5.97 Å².